The molecule has 1 saturated carbocycles. The largest absolute Gasteiger partial charge is 0.492 e. The minimum Gasteiger partial charge on any atom is -0.492 e. The standard InChI is InChI=1S/C13H18ClNO/c14-11-5-7-12(8-6-11)16-9-13(15)10-3-1-2-4-10/h5-8,10,13H,1-4,9,15H2. The Labute approximate surface area is 102 Å². The van der Waals surface area contributed by atoms with E-state index in [4.69, 9.17) is 22.1 Å². The fourth-order valence-corrected chi connectivity index (χ4v) is 2.37. The highest BCUT2D eigenvalue weighted by atomic mass is 35.5. The molecule has 0 aliphatic heterocycles. The summed E-state index contributed by atoms with van der Waals surface area (Å²) in [5.74, 6) is 1.49. The quantitative estimate of drug-likeness (QED) is 0.876. The zero-order chi connectivity index (χ0) is 11.4. The lowest BCUT2D eigenvalue weighted by atomic mass is 10.00. The number of hydrogen-bond donors (Lipinski definition) is 1. The second-order valence-electron chi connectivity index (χ2n) is 4.47. The van der Waals surface area contributed by atoms with Crippen LogP contribution in [0.25, 0.3) is 0 Å². The molecule has 0 spiro atoms. The van der Waals surface area contributed by atoms with Gasteiger partial charge in [-0.2, -0.15) is 0 Å². The number of benzene rings is 1. The highest BCUT2D eigenvalue weighted by Crippen LogP contribution is 2.27. The molecular formula is C13H18ClNO. The molecular weight excluding hydrogens is 222 g/mol. The van der Waals surface area contributed by atoms with Gasteiger partial charge in [0.25, 0.3) is 0 Å². The van der Waals surface area contributed by atoms with Gasteiger partial charge >= 0.3 is 0 Å². The summed E-state index contributed by atoms with van der Waals surface area (Å²) in [7, 11) is 0. The summed E-state index contributed by atoms with van der Waals surface area (Å²) in [6.07, 6.45) is 5.15. The monoisotopic (exact) mass is 239 g/mol. The van der Waals surface area contributed by atoms with Gasteiger partial charge in [-0.05, 0) is 43.0 Å². The molecule has 1 atom stereocenters. The SMILES string of the molecule is NC(COc1ccc(Cl)cc1)C1CCCC1. The van der Waals surface area contributed by atoms with Crippen LogP contribution in [0.1, 0.15) is 25.7 Å². The smallest absolute Gasteiger partial charge is 0.119 e. The van der Waals surface area contributed by atoms with Gasteiger partial charge in [0.05, 0.1) is 0 Å². The number of hydrogen-bond acceptors (Lipinski definition) is 2. The van der Waals surface area contributed by atoms with E-state index < -0.39 is 0 Å². The van der Waals surface area contributed by atoms with Gasteiger partial charge in [-0.1, -0.05) is 24.4 Å². The summed E-state index contributed by atoms with van der Waals surface area (Å²) < 4.78 is 5.65. The highest BCUT2D eigenvalue weighted by molar-refractivity contribution is 6.30. The van der Waals surface area contributed by atoms with Crippen LogP contribution >= 0.6 is 11.6 Å². The van der Waals surface area contributed by atoms with Crippen molar-refractivity contribution in [1.82, 2.24) is 0 Å². The Kier molecular flexibility index (Phi) is 4.08. The minimum absolute atomic E-state index is 0.165. The first-order valence-electron chi connectivity index (χ1n) is 5.89. The van der Waals surface area contributed by atoms with Crippen LogP contribution in [0.4, 0.5) is 0 Å². The Bertz CT molecular complexity index is 319. The van der Waals surface area contributed by atoms with E-state index in [1.165, 1.54) is 25.7 Å². The van der Waals surface area contributed by atoms with Crippen molar-refractivity contribution in [3.05, 3.63) is 29.3 Å². The molecule has 0 radical (unpaired) electrons. The zero-order valence-electron chi connectivity index (χ0n) is 9.36. The summed E-state index contributed by atoms with van der Waals surface area (Å²) in [6, 6.07) is 7.58. The normalized spacial score (nSPS) is 18.6. The molecule has 0 aromatic heterocycles. The van der Waals surface area contributed by atoms with Gasteiger partial charge < -0.3 is 10.5 Å². The van der Waals surface area contributed by atoms with Gasteiger partial charge in [0.1, 0.15) is 12.4 Å². The molecule has 2 N–H and O–H groups in total. The van der Waals surface area contributed by atoms with Crippen molar-refractivity contribution in [2.24, 2.45) is 11.7 Å². The molecule has 1 aliphatic rings. The van der Waals surface area contributed by atoms with E-state index >= 15 is 0 Å². The van der Waals surface area contributed by atoms with Crippen molar-refractivity contribution in [3.63, 3.8) is 0 Å². The maximum Gasteiger partial charge on any atom is 0.119 e. The van der Waals surface area contributed by atoms with Crippen molar-refractivity contribution in [1.29, 1.82) is 0 Å². The zero-order valence-corrected chi connectivity index (χ0v) is 10.1. The van der Waals surface area contributed by atoms with E-state index in [2.05, 4.69) is 0 Å². The fraction of sp³-hybridized carbons (Fsp3) is 0.538. The maximum absolute atomic E-state index is 6.11. The fourth-order valence-electron chi connectivity index (χ4n) is 2.24. The highest BCUT2D eigenvalue weighted by Gasteiger charge is 2.22. The van der Waals surface area contributed by atoms with E-state index in [0.717, 1.165) is 10.8 Å². The first kappa shape index (κ1) is 11.7. The number of halogens is 1. The lowest BCUT2D eigenvalue weighted by Crippen LogP contribution is -2.34. The summed E-state index contributed by atoms with van der Waals surface area (Å²) in [6.45, 7) is 0.603. The molecule has 1 aromatic rings. The van der Waals surface area contributed by atoms with Crippen LogP contribution < -0.4 is 10.5 Å². The second-order valence-corrected chi connectivity index (χ2v) is 4.91. The van der Waals surface area contributed by atoms with Gasteiger partial charge in [-0.15, -0.1) is 0 Å². The van der Waals surface area contributed by atoms with E-state index in [1.54, 1.807) is 0 Å². The Morgan fingerprint density at radius 1 is 1.25 bits per heavy atom. The van der Waals surface area contributed by atoms with Crippen molar-refractivity contribution < 1.29 is 4.74 Å². The summed E-state index contributed by atoms with van der Waals surface area (Å²) in [5, 5.41) is 0.729. The first-order valence-corrected chi connectivity index (χ1v) is 6.27. The third-order valence-corrected chi connectivity index (χ3v) is 3.51. The minimum atomic E-state index is 0.165. The molecule has 0 bridgehead atoms. The Balaban J connectivity index is 1.80. The predicted molar refractivity (Wildman–Crippen MR) is 66.9 cm³/mol. The van der Waals surface area contributed by atoms with Crippen molar-refractivity contribution in [2.45, 2.75) is 31.7 Å². The van der Waals surface area contributed by atoms with Crippen LogP contribution in [0.15, 0.2) is 24.3 Å². The average Bonchev–Trinajstić information content (AvgIpc) is 2.81. The molecule has 2 nitrogen and oxygen atoms in total. The predicted octanol–water partition coefficient (Wildman–Crippen LogP) is 3.24. The third kappa shape index (κ3) is 3.13. The van der Waals surface area contributed by atoms with E-state index in [1.807, 2.05) is 24.3 Å². The third-order valence-electron chi connectivity index (χ3n) is 3.26. The van der Waals surface area contributed by atoms with Gasteiger partial charge in [0, 0.05) is 11.1 Å². The molecule has 1 fully saturated rings. The van der Waals surface area contributed by atoms with Gasteiger partial charge in [-0.25, -0.2) is 0 Å². The van der Waals surface area contributed by atoms with Crippen LogP contribution in [-0.4, -0.2) is 12.6 Å². The Hall–Kier alpha value is -0.730. The van der Waals surface area contributed by atoms with Crippen molar-refractivity contribution in [2.75, 3.05) is 6.61 Å². The molecule has 1 aliphatic carbocycles. The molecule has 16 heavy (non-hydrogen) atoms. The molecule has 0 saturated heterocycles. The van der Waals surface area contributed by atoms with Crippen LogP contribution in [-0.2, 0) is 0 Å². The van der Waals surface area contributed by atoms with Crippen molar-refractivity contribution in [3.8, 4) is 5.75 Å². The molecule has 1 aromatic carbocycles. The lowest BCUT2D eigenvalue weighted by Gasteiger charge is -2.19. The van der Waals surface area contributed by atoms with Crippen LogP contribution in [0.5, 0.6) is 5.75 Å². The Morgan fingerprint density at radius 3 is 2.50 bits per heavy atom. The van der Waals surface area contributed by atoms with E-state index in [0.29, 0.717) is 12.5 Å². The maximum atomic E-state index is 6.11. The molecule has 3 heteroatoms. The summed E-state index contributed by atoms with van der Waals surface area (Å²) in [4.78, 5) is 0. The van der Waals surface area contributed by atoms with E-state index in [9.17, 15) is 0 Å². The van der Waals surface area contributed by atoms with Crippen LogP contribution in [0.3, 0.4) is 0 Å². The van der Waals surface area contributed by atoms with Crippen LogP contribution in [0.2, 0.25) is 5.02 Å². The molecule has 1 unspecified atom stereocenters. The lowest BCUT2D eigenvalue weighted by molar-refractivity contribution is 0.247. The van der Waals surface area contributed by atoms with E-state index in [-0.39, 0.29) is 6.04 Å². The van der Waals surface area contributed by atoms with Gasteiger partial charge in [-0.3, -0.25) is 0 Å². The summed E-state index contributed by atoms with van der Waals surface area (Å²) >= 11 is 5.80. The van der Waals surface area contributed by atoms with Gasteiger partial charge in [0.2, 0.25) is 0 Å². The van der Waals surface area contributed by atoms with Crippen molar-refractivity contribution >= 4 is 11.6 Å². The topological polar surface area (TPSA) is 35.2 Å². The number of nitrogens with two attached hydrogens (primary N) is 1. The number of ether oxygens (including phenoxy) is 1. The Morgan fingerprint density at radius 2 is 1.88 bits per heavy atom. The molecule has 88 valence electrons. The summed E-state index contributed by atoms with van der Waals surface area (Å²) in [5.41, 5.74) is 6.11. The van der Waals surface area contributed by atoms with Gasteiger partial charge in [0.15, 0.2) is 0 Å². The molecule has 0 heterocycles. The molecule has 2 rings (SSSR count). The molecule has 0 amide bonds. The first-order chi connectivity index (χ1) is 7.75. The second kappa shape index (κ2) is 5.55. The number of rotatable bonds is 4. The van der Waals surface area contributed by atoms with Crippen LogP contribution in [0, 0.1) is 5.92 Å². The average molecular weight is 240 g/mol.